The fourth-order valence-corrected chi connectivity index (χ4v) is 2.80. The first-order chi connectivity index (χ1) is 14.9. The van der Waals surface area contributed by atoms with E-state index in [4.69, 9.17) is 25.4 Å². The molecule has 168 valence electrons. The lowest BCUT2D eigenvalue weighted by Gasteiger charge is -2.20. The van der Waals surface area contributed by atoms with Crippen LogP contribution in [0.5, 0.6) is 5.75 Å². The van der Waals surface area contributed by atoms with Gasteiger partial charge in [0.2, 0.25) is 0 Å². The number of amides is 1. The van der Waals surface area contributed by atoms with Gasteiger partial charge in [0.1, 0.15) is 18.3 Å². The number of rotatable bonds is 12. The van der Waals surface area contributed by atoms with Gasteiger partial charge in [-0.15, -0.1) is 0 Å². The summed E-state index contributed by atoms with van der Waals surface area (Å²) in [6, 6.07) is 8.88. The summed E-state index contributed by atoms with van der Waals surface area (Å²) in [6.07, 6.45) is -1.49. The van der Waals surface area contributed by atoms with Crippen LogP contribution < -0.4 is 15.8 Å². The summed E-state index contributed by atoms with van der Waals surface area (Å²) >= 11 is 0. The molecule has 0 fully saturated rings. The molecular weight excluding hydrogens is 408 g/mol. The van der Waals surface area contributed by atoms with E-state index in [-0.39, 0.29) is 38.0 Å². The third-order valence-corrected chi connectivity index (χ3v) is 4.35. The van der Waals surface area contributed by atoms with E-state index in [1.807, 2.05) is 6.92 Å². The Bertz CT molecular complexity index is 891. The molecule has 0 heterocycles. The minimum atomic E-state index is -1.49. The molecule has 0 aliphatic rings. The molecule has 0 aliphatic heterocycles. The van der Waals surface area contributed by atoms with Gasteiger partial charge in [-0.25, -0.2) is 8.78 Å². The highest BCUT2D eigenvalue weighted by Gasteiger charge is 2.29. The summed E-state index contributed by atoms with van der Waals surface area (Å²) in [7, 11) is 0. The molecule has 0 unspecified atom stereocenters. The molecule has 0 radical (unpaired) electrons. The monoisotopic (exact) mass is 435 g/mol. The third kappa shape index (κ3) is 6.73. The van der Waals surface area contributed by atoms with Crippen molar-refractivity contribution < 1.29 is 27.8 Å². The molecule has 0 spiro atoms. The number of nitrogens with one attached hydrogen (secondary N) is 2. The number of carbonyl (C=O) groups excluding carboxylic acids is 1. The Morgan fingerprint density at radius 2 is 1.81 bits per heavy atom. The number of nitrogen functional groups attached to an aromatic ring is 1. The summed E-state index contributed by atoms with van der Waals surface area (Å²) in [5.41, 5.74) is 6.18. The van der Waals surface area contributed by atoms with Gasteiger partial charge in [0.05, 0.1) is 12.2 Å². The average Bonchev–Trinajstić information content (AvgIpc) is 2.76. The summed E-state index contributed by atoms with van der Waals surface area (Å²) in [6.45, 7) is 4.44. The minimum absolute atomic E-state index is 0.0682. The van der Waals surface area contributed by atoms with Crippen molar-refractivity contribution in [2.24, 2.45) is 5.73 Å². The second-order valence-corrected chi connectivity index (χ2v) is 6.48. The van der Waals surface area contributed by atoms with Gasteiger partial charge < -0.3 is 25.3 Å². The quantitative estimate of drug-likeness (QED) is 0.270. The van der Waals surface area contributed by atoms with Gasteiger partial charge in [-0.05, 0) is 31.5 Å². The maximum atomic E-state index is 15.0. The topological polar surface area (TPSA) is 107 Å². The predicted octanol–water partition coefficient (Wildman–Crippen LogP) is 3.06. The van der Waals surface area contributed by atoms with Crippen LogP contribution >= 0.6 is 0 Å². The Balaban J connectivity index is 2.15. The summed E-state index contributed by atoms with van der Waals surface area (Å²) in [5.74, 6) is -2.85. The molecule has 9 heteroatoms. The van der Waals surface area contributed by atoms with E-state index in [0.717, 1.165) is 17.7 Å². The number of benzene rings is 2. The standard InChI is InChI=1S/C22H27F2N3O4/c1-3-29-11-12-31-17-10-9-16(23)18(19(17)24)20(30-4-2)22(28)27-13-14-5-7-15(8-6-14)21(25)26/h5-10,20H,3-4,11-13H2,1-2H3,(H3,25,26)(H,27,28)/t20-/m0/s1. The molecule has 1 amide bonds. The van der Waals surface area contributed by atoms with E-state index in [2.05, 4.69) is 5.32 Å². The zero-order valence-electron chi connectivity index (χ0n) is 17.5. The maximum Gasteiger partial charge on any atom is 0.254 e. The van der Waals surface area contributed by atoms with Crippen LogP contribution in [0, 0.1) is 17.0 Å². The SMILES string of the molecule is CCOCCOc1ccc(F)c([C@H](OCC)C(=O)NCc2ccc(C(=N)N)cc2)c1F. The average molecular weight is 435 g/mol. The Morgan fingerprint density at radius 1 is 1.10 bits per heavy atom. The molecule has 4 N–H and O–H groups in total. The summed E-state index contributed by atoms with van der Waals surface area (Å²) < 4.78 is 45.3. The highest BCUT2D eigenvalue weighted by molar-refractivity contribution is 5.94. The molecule has 2 aromatic rings. The van der Waals surface area contributed by atoms with Crippen LogP contribution in [0.25, 0.3) is 0 Å². The highest BCUT2D eigenvalue weighted by Crippen LogP contribution is 2.30. The molecular formula is C22H27F2N3O4. The van der Waals surface area contributed by atoms with E-state index >= 15 is 0 Å². The van der Waals surface area contributed by atoms with Crippen molar-refractivity contribution in [3.8, 4) is 5.75 Å². The smallest absolute Gasteiger partial charge is 0.254 e. The van der Waals surface area contributed by atoms with Gasteiger partial charge in [-0.3, -0.25) is 10.2 Å². The Labute approximate surface area is 180 Å². The van der Waals surface area contributed by atoms with Crippen LogP contribution in [-0.2, 0) is 20.8 Å². The van der Waals surface area contributed by atoms with Crippen molar-refractivity contribution in [2.45, 2.75) is 26.5 Å². The van der Waals surface area contributed by atoms with Crippen molar-refractivity contribution in [1.82, 2.24) is 5.32 Å². The van der Waals surface area contributed by atoms with Gasteiger partial charge in [-0.1, -0.05) is 24.3 Å². The number of hydrogen-bond acceptors (Lipinski definition) is 5. The molecule has 0 saturated carbocycles. The van der Waals surface area contributed by atoms with E-state index in [1.165, 1.54) is 0 Å². The molecule has 31 heavy (non-hydrogen) atoms. The third-order valence-electron chi connectivity index (χ3n) is 4.35. The van der Waals surface area contributed by atoms with Gasteiger partial charge in [0.25, 0.3) is 5.91 Å². The number of nitrogens with two attached hydrogens (primary N) is 1. The lowest BCUT2D eigenvalue weighted by molar-refractivity contribution is -0.133. The molecule has 2 rings (SSSR count). The molecule has 0 bridgehead atoms. The van der Waals surface area contributed by atoms with E-state index < -0.39 is 29.2 Å². The number of halogens is 2. The summed E-state index contributed by atoms with van der Waals surface area (Å²) in [4.78, 5) is 12.7. The fourth-order valence-electron chi connectivity index (χ4n) is 2.80. The van der Waals surface area contributed by atoms with Crippen LogP contribution in [0.2, 0.25) is 0 Å². The Morgan fingerprint density at radius 3 is 2.42 bits per heavy atom. The first kappa shape index (κ1) is 24.2. The number of ether oxygens (including phenoxy) is 3. The molecule has 0 aromatic heterocycles. The molecule has 7 nitrogen and oxygen atoms in total. The lowest BCUT2D eigenvalue weighted by atomic mass is 10.1. The first-order valence-electron chi connectivity index (χ1n) is 9.90. The predicted molar refractivity (Wildman–Crippen MR) is 112 cm³/mol. The van der Waals surface area contributed by atoms with Gasteiger partial charge >= 0.3 is 0 Å². The zero-order valence-corrected chi connectivity index (χ0v) is 17.5. The maximum absolute atomic E-state index is 15.0. The van der Waals surface area contributed by atoms with Crippen molar-refractivity contribution in [3.05, 3.63) is 64.7 Å². The second kappa shape index (κ2) is 12.0. The van der Waals surface area contributed by atoms with Crippen molar-refractivity contribution in [3.63, 3.8) is 0 Å². The van der Waals surface area contributed by atoms with E-state index in [0.29, 0.717) is 12.2 Å². The first-order valence-corrected chi connectivity index (χ1v) is 9.90. The van der Waals surface area contributed by atoms with Crippen LogP contribution in [0.15, 0.2) is 36.4 Å². The van der Waals surface area contributed by atoms with Crippen LogP contribution in [0.1, 0.15) is 36.6 Å². The van der Waals surface area contributed by atoms with Crippen LogP contribution in [0.3, 0.4) is 0 Å². The largest absolute Gasteiger partial charge is 0.488 e. The van der Waals surface area contributed by atoms with Crippen molar-refractivity contribution in [2.75, 3.05) is 26.4 Å². The van der Waals surface area contributed by atoms with Crippen molar-refractivity contribution >= 4 is 11.7 Å². The molecule has 2 aromatic carbocycles. The Kier molecular flexibility index (Phi) is 9.36. The van der Waals surface area contributed by atoms with Crippen LogP contribution in [-0.4, -0.2) is 38.2 Å². The van der Waals surface area contributed by atoms with Crippen molar-refractivity contribution in [1.29, 1.82) is 5.41 Å². The lowest BCUT2D eigenvalue weighted by Crippen LogP contribution is -2.32. The summed E-state index contributed by atoms with van der Waals surface area (Å²) in [5, 5.41) is 10.0. The van der Waals surface area contributed by atoms with Gasteiger partial charge in [0, 0.05) is 25.3 Å². The highest BCUT2D eigenvalue weighted by atomic mass is 19.1. The Hall–Kier alpha value is -3.04. The van der Waals surface area contributed by atoms with Gasteiger partial charge in [0.15, 0.2) is 17.7 Å². The zero-order chi connectivity index (χ0) is 22.8. The van der Waals surface area contributed by atoms with Gasteiger partial charge in [-0.2, -0.15) is 0 Å². The number of hydrogen-bond donors (Lipinski definition) is 3. The van der Waals surface area contributed by atoms with Crippen LogP contribution in [0.4, 0.5) is 8.78 Å². The molecule has 0 saturated heterocycles. The fraction of sp³-hybridized carbons (Fsp3) is 0.364. The minimum Gasteiger partial charge on any atom is -0.488 e. The van der Waals surface area contributed by atoms with E-state index in [1.54, 1.807) is 31.2 Å². The molecule has 0 aliphatic carbocycles. The normalized spacial score (nSPS) is 11.7. The van der Waals surface area contributed by atoms with E-state index in [9.17, 15) is 13.6 Å². The number of carbonyl (C=O) groups is 1. The second-order valence-electron chi connectivity index (χ2n) is 6.48. The molecule has 1 atom stereocenters. The number of amidine groups is 1.